The number of nitrogens with two attached hydrogens (primary N) is 1. The lowest BCUT2D eigenvalue weighted by atomic mass is 10.2. The van der Waals surface area contributed by atoms with Crippen LogP contribution in [0.3, 0.4) is 0 Å². The zero-order chi connectivity index (χ0) is 17.8. The zero-order valence-corrected chi connectivity index (χ0v) is 15.7. The van der Waals surface area contributed by atoms with E-state index >= 15 is 0 Å². The van der Waals surface area contributed by atoms with Crippen LogP contribution in [-0.2, 0) is 5.75 Å². The molecule has 0 aliphatic carbocycles. The van der Waals surface area contributed by atoms with E-state index in [1.54, 1.807) is 12.1 Å². The number of thioether (sulfide) groups is 1. The molecule has 2 aromatic carbocycles. The summed E-state index contributed by atoms with van der Waals surface area (Å²) >= 11 is 13.7. The molecule has 0 aliphatic heterocycles. The topological polar surface area (TPSA) is 76.7 Å². The van der Waals surface area contributed by atoms with Gasteiger partial charge in [0.1, 0.15) is 5.82 Å². The van der Waals surface area contributed by atoms with Gasteiger partial charge in [-0.1, -0.05) is 40.9 Å². The smallest absolute Gasteiger partial charge is 0.232 e. The number of hydrogen-bond donors (Lipinski definition) is 2. The van der Waals surface area contributed by atoms with Crippen LogP contribution in [0.4, 0.5) is 17.6 Å². The Balaban J connectivity index is 1.75. The van der Waals surface area contributed by atoms with Crippen LogP contribution < -0.4 is 11.1 Å². The van der Waals surface area contributed by atoms with Crippen LogP contribution in [0.5, 0.6) is 0 Å². The molecular formula is C17H15Cl2N5S. The third-order valence-corrected chi connectivity index (χ3v) is 4.98. The largest absolute Gasteiger partial charge is 0.368 e. The number of benzene rings is 2. The fraction of sp³-hybridized carbons (Fsp3) is 0.118. The lowest BCUT2D eigenvalue weighted by molar-refractivity contribution is 0.982. The van der Waals surface area contributed by atoms with E-state index in [0.717, 1.165) is 10.6 Å². The Kier molecular flexibility index (Phi) is 5.63. The molecule has 0 bridgehead atoms. The average Bonchev–Trinajstić information content (AvgIpc) is 2.57. The standard InChI is InChI=1S/C17H15Cl2N5S/c1-10-2-5-12(6-3-10)21-17-23-15(22-16(20)24-17)9-25-14-8-11(18)4-7-13(14)19/h2-8H,9H2,1H3,(H3,20,21,22,23,24). The number of nitrogens with zero attached hydrogens (tertiary/aromatic N) is 3. The minimum atomic E-state index is 0.164. The highest BCUT2D eigenvalue weighted by molar-refractivity contribution is 7.98. The maximum Gasteiger partial charge on any atom is 0.232 e. The average molecular weight is 392 g/mol. The SMILES string of the molecule is Cc1ccc(Nc2nc(N)nc(CSc3cc(Cl)ccc3Cl)n2)cc1. The molecule has 3 N–H and O–H groups in total. The highest BCUT2D eigenvalue weighted by atomic mass is 35.5. The molecule has 0 spiro atoms. The molecule has 25 heavy (non-hydrogen) atoms. The van der Waals surface area contributed by atoms with Gasteiger partial charge in [0.25, 0.3) is 0 Å². The molecule has 128 valence electrons. The van der Waals surface area contributed by atoms with E-state index in [1.807, 2.05) is 37.3 Å². The summed E-state index contributed by atoms with van der Waals surface area (Å²) in [7, 11) is 0. The fourth-order valence-corrected chi connectivity index (χ4v) is 3.40. The molecule has 0 atom stereocenters. The van der Waals surface area contributed by atoms with Crippen molar-refractivity contribution in [2.24, 2.45) is 0 Å². The van der Waals surface area contributed by atoms with Crippen molar-refractivity contribution < 1.29 is 0 Å². The Morgan fingerprint density at radius 2 is 1.80 bits per heavy atom. The summed E-state index contributed by atoms with van der Waals surface area (Å²) in [6.07, 6.45) is 0. The quantitative estimate of drug-likeness (QED) is 0.588. The normalized spacial score (nSPS) is 10.7. The Hall–Kier alpha value is -2.02. The van der Waals surface area contributed by atoms with Crippen molar-refractivity contribution in [3.05, 3.63) is 63.9 Å². The predicted octanol–water partition coefficient (Wildman–Crippen LogP) is 5.10. The lowest BCUT2D eigenvalue weighted by Gasteiger charge is -2.08. The highest BCUT2D eigenvalue weighted by Gasteiger charge is 2.08. The van der Waals surface area contributed by atoms with Crippen molar-refractivity contribution in [3.8, 4) is 0 Å². The zero-order valence-electron chi connectivity index (χ0n) is 13.3. The van der Waals surface area contributed by atoms with Crippen molar-refractivity contribution in [2.45, 2.75) is 17.6 Å². The van der Waals surface area contributed by atoms with Crippen LogP contribution in [0.1, 0.15) is 11.4 Å². The lowest BCUT2D eigenvalue weighted by Crippen LogP contribution is -2.06. The van der Waals surface area contributed by atoms with Gasteiger partial charge in [-0.25, -0.2) is 0 Å². The van der Waals surface area contributed by atoms with Crippen molar-refractivity contribution >= 4 is 52.5 Å². The second-order valence-corrected chi connectivity index (χ2v) is 7.15. The van der Waals surface area contributed by atoms with Gasteiger partial charge in [-0.05, 0) is 37.3 Å². The van der Waals surface area contributed by atoms with E-state index in [9.17, 15) is 0 Å². The first-order valence-electron chi connectivity index (χ1n) is 7.41. The molecule has 0 amide bonds. The van der Waals surface area contributed by atoms with E-state index in [1.165, 1.54) is 17.3 Å². The van der Waals surface area contributed by atoms with Crippen molar-refractivity contribution in [2.75, 3.05) is 11.1 Å². The van der Waals surface area contributed by atoms with Crippen molar-refractivity contribution in [1.82, 2.24) is 15.0 Å². The Morgan fingerprint density at radius 1 is 1.04 bits per heavy atom. The minimum absolute atomic E-state index is 0.164. The summed E-state index contributed by atoms with van der Waals surface area (Å²) in [5.74, 6) is 1.62. The van der Waals surface area contributed by atoms with Crippen LogP contribution in [0.25, 0.3) is 0 Å². The number of nitrogens with one attached hydrogen (secondary N) is 1. The second kappa shape index (κ2) is 7.91. The minimum Gasteiger partial charge on any atom is -0.368 e. The van der Waals surface area contributed by atoms with Crippen LogP contribution in [0.2, 0.25) is 10.0 Å². The third-order valence-electron chi connectivity index (χ3n) is 3.26. The molecule has 1 heterocycles. The van der Waals surface area contributed by atoms with Gasteiger partial charge in [0.05, 0.1) is 10.8 Å². The van der Waals surface area contributed by atoms with Crippen LogP contribution in [0, 0.1) is 6.92 Å². The monoisotopic (exact) mass is 391 g/mol. The first-order valence-corrected chi connectivity index (χ1v) is 9.16. The van der Waals surface area contributed by atoms with Gasteiger partial charge in [0.2, 0.25) is 11.9 Å². The number of aryl methyl sites for hydroxylation is 1. The second-order valence-electron chi connectivity index (χ2n) is 5.29. The maximum atomic E-state index is 6.18. The first-order chi connectivity index (χ1) is 12.0. The van der Waals surface area contributed by atoms with Crippen molar-refractivity contribution in [1.29, 1.82) is 0 Å². The molecular weight excluding hydrogens is 377 g/mol. The number of rotatable bonds is 5. The molecule has 8 heteroatoms. The van der Waals surface area contributed by atoms with E-state index < -0.39 is 0 Å². The molecule has 3 rings (SSSR count). The Labute approximate surface area is 160 Å². The number of nitrogen functional groups attached to an aromatic ring is 1. The number of halogens is 2. The van der Waals surface area contributed by atoms with Crippen molar-refractivity contribution in [3.63, 3.8) is 0 Å². The predicted molar refractivity (Wildman–Crippen MR) is 105 cm³/mol. The molecule has 0 radical (unpaired) electrons. The first kappa shape index (κ1) is 17.8. The molecule has 3 aromatic rings. The van der Waals surface area contributed by atoms with E-state index in [4.69, 9.17) is 28.9 Å². The maximum absolute atomic E-state index is 6.18. The van der Waals surface area contributed by atoms with Crippen LogP contribution in [-0.4, -0.2) is 15.0 Å². The number of anilines is 3. The molecule has 0 unspecified atom stereocenters. The Bertz CT molecular complexity index is 887. The number of hydrogen-bond acceptors (Lipinski definition) is 6. The molecule has 5 nitrogen and oxygen atoms in total. The molecule has 1 aromatic heterocycles. The van der Waals surface area contributed by atoms with E-state index in [0.29, 0.717) is 27.6 Å². The number of aromatic nitrogens is 3. The molecule has 0 fully saturated rings. The highest BCUT2D eigenvalue weighted by Crippen LogP contribution is 2.31. The van der Waals surface area contributed by atoms with Crippen LogP contribution in [0.15, 0.2) is 47.4 Å². The summed E-state index contributed by atoms with van der Waals surface area (Å²) in [4.78, 5) is 13.6. The van der Waals surface area contributed by atoms with E-state index in [-0.39, 0.29) is 5.95 Å². The van der Waals surface area contributed by atoms with Gasteiger partial charge in [0.15, 0.2) is 0 Å². The molecule has 0 aliphatic rings. The Morgan fingerprint density at radius 3 is 2.56 bits per heavy atom. The van der Waals surface area contributed by atoms with Gasteiger partial charge in [-0.2, -0.15) is 15.0 Å². The summed E-state index contributed by atoms with van der Waals surface area (Å²) in [6, 6.07) is 13.2. The van der Waals surface area contributed by atoms with Gasteiger partial charge in [-0.3, -0.25) is 0 Å². The summed E-state index contributed by atoms with van der Waals surface area (Å²) in [5, 5.41) is 4.39. The summed E-state index contributed by atoms with van der Waals surface area (Å²) in [6.45, 7) is 2.03. The summed E-state index contributed by atoms with van der Waals surface area (Å²) < 4.78 is 0. The molecule has 0 saturated carbocycles. The third kappa shape index (κ3) is 4.98. The van der Waals surface area contributed by atoms with Gasteiger partial charge >= 0.3 is 0 Å². The van der Waals surface area contributed by atoms with Gasteiger partial charge in [0, 0.05) is 15.6 Å². The summed E-state index contributed by atoms with van der Waals surface area (Å²) in [5.41, 5.74) is 7.86. The van der Waals surface area contributed by atoms with E-state index in [2.05, 4.69) is 20.3 Å². The van der Waals surface area contributed by atoms with Gasteiger partial charge in [-0.15, -0.1) is 11.8 Å². The molecule has 0 saturated heterocycles. The van der Waals surface area contributed by atoms with Gasteiger partial charge < -0.3 is 11.1 Å². The fourth-order valence-electron chi connectivity index (χ4n) is 2.05. The van der Waals surface area contributed by atoms with Crippen LogP contribution >= 0.6 is 35.0 Å².